The summed E-state index contributed by atoms with van der Waals surface area (Å²) in [4.78, 5) is 0. The Labute approximate surface area is 108 Å². The van der Waals surface area contributed by atoms with Gasteiger partial charge in [-0.1, -0.05) is 6.07 Å². The molecule has 2 aromatic rings. The lowest BCUT2D eigenvalue weighted by molar-refractivity contribution is 0.287. The van der Waals surface area contributed by atoms with E-state index in [4.69, 9.17) is 10.5 Å². The molecule has 0 saturated carbocycles. The average Bonchev–Trinajstić information content (AvgIpc) is 2.40. The molecule has 0 aliphatic heterocycles. The Morgan fingerprint density at radius 2 is 1.58 bits per heavy atom. The number of halogens is 3. The third-order valence-corrected chi connectivity index (χ3v) is 2.66. The van der Waals surface area contributed by atoms with Crippen LogP contribution in [0.3, 0.4) is 0 Å². The number of benzene rings is 2. The summed E-state index contributed by atoms with van der Waals surface area (Å²) in [5.41, 5.74) is 6.68. The summed E-state index contributed by atoms with van der Waals surface area (Å²) >= 11 is 0. The molecule has 0 unspecified atom stereocenters. The highest BCUT2D eigenvalue weighted by atomic mass is 19.1. The van der Waals surface area contributed by atoms with Crippen LogP contribution in [-0.2, 0) is 13.2 Å². The molecule has 0 aromatic heterocycles. The van der Waals surface area contributed by atoms with E-state index in [1.54, 1.807) is 0 Å². The van der Waals surface area contributed by atoms with E-state index in [9.17, 15) is 13.2 Å². The molecule has 2 N–H and O–H groups in total. The van der Waals surface area contributed by atoms with Crippen LogP contribution in [0.2, 0.25) is 0 Å². The summed E-state index contributed by atoms with van der Waals surface area (Å²) in [5.74, 6) is -1.83. The third kappa shape index (κ3) is 3.26. The topological polar surface area (TPSA) is 35.2 Å². The first-order chi connectivity index (χ1) is 9.10. The van der Waals surface area contributed by atoms with Gasteiger partial charge in [-0.3, -0.25) is 0 Å². The van der Waals surface area contributed by atoms with Gasteiger partial charge in [-0.05, 0) is 35.4 Å². The lowest BCUT2D eigenvalue weighted by Gasteiger charge is -2.10. The second-order valence-corrected chi connectivity index (χ2v) is 3.98. The Balaban J connectivity index is 2.16. The van der Waals surface area contributed by atoms with Gasteiger partial charge in [0.1, 0.15) is 18.2 Å². The molecule has 0 amide bonds. The number of hydrogen-bond donors (Lipinski definition) is 1. The molecule has 0 heterocycles. The summed E-state index contributed by atoms with van der Waals surface area (Å²) in [6.07, 6.45) is 0. The number of rotatable bonds is 4. The van der Waals surface area contributed by atoms with Crippen LogP contribution in [0.4, 0.5) is 13.2 Å². The van der Waals surface area contributed by atoms with E-state index in [2.05, 4.69) is 0 Å². The predicted octanol–water partition coefficient (Wildman–Crippen LogP) is 3.14. The Kier molecular flexibility index (Phi) is 4.06. The van der Waals surface area contributed by atoms with Gasteiger partial charge in [-0.15, -0.1) is 0 Å². The first kappa shape index (κ1) is 13.4. The van der Waals surface area contributed by atoms with Crippen LogP contribution >= 0.6 is 0 Å². The maximum Gasteiger partial charge on any atom is 0.165 e. The maximum atomic E-state index is 13.3. The molecule has 5 heteroatoms. The minimum atomic E-state index is -0.655. The molecule has 0 bridgehead atoms. The number of nitrogens with two attached hydrogens (primary N) is 1. The standard InChI is InChI=1S/C14H12F3NO/c15-11-2-1-9(10(5-11)7-18)8-19-14-6-12(16)3-4-13(14)17/h1-6H,7-8,18H2. The number of ether oxygens (including phenoxy) is 1. The van der Waals surface area contributed by atoms with E-state index in [-0.39, 0.29) is 18.9 Å². The molecule has 2 nitrogen and oxygen atoms in total. The SMILES string of the molecule is NCc1cc(F)ccc1COc1cc(F)ccc1F. The van der Waals surface area contributed by atoms with Crippen LogP contribution < -0.4 is 10.5 Å². The quantitative estimate of drug-likeness (QED) is 0.923. The Bertz CT molecular complexity index is 587. The van der Waals surface area contributed by atoms with Gasteiger partial charge in [0.15, 0.2) is 11.6 Å². The van der Waals surface area contributed by atoms with Crippen molar-refractivity contribution in [2.45, 2.75) is 13.2 Å². The molecule has 100 valence electrons. The second-order valence-electron chi connectivity index (χ2n) is 3.98. The van der Waals surface area contributed by atoms with Crippen LogP contribution in [0.25, 0.3) is 0 Å². The second kappa shape index (κ2) is 5.75. The maximum absolute atomic E-state index is 13.3. The summed E-state index contributed by atoms with van der Waals surface area (Å²) in [6.45, 7) is 0.134. The molecule has 0 spiro atoms. The van der Waals surface area contributed by atoms with Gasteiger partial charge in [-0.2, -0.15) is 0 Å². The monoisotopic (exact) mass is 267 g/mol. The van der Waals surface area contributed by atoms with E-state index in [1.165, 1.54) is 18.2 Å². The van der Waals surface area contributed by atoms with Crippen LogP contribution in [-0.4, -0.2) is 0 Å². The van der Waals surface area contributed by atoms with Crippen molar-refractivity contribution < 1.29 is 17.9 Å². The summed E-state index contributed by atoms with van der Waals surface area (Å²) in [5, 5.41) is 0. The molecule has 0 radical (unpaired) electrons. The van der Waals surface area contributed by atoms with Crippen molar-refractivity contribution in [2.75, 3.05) is 0 Å². The summed E-state index contributed by atoms with van der Waals surface area (Å²) in [7, 11) is 0. The largest absolute Gasteiger partial charge is 0.486 e. The highest BCUT2D eigenvalue weighted by Crippen LogP contribution is 2.20. The van der Waals surface area contributed by atoms with Crippen LogP contribution in [0.5, 0.6) is 5.75 Å². The van der Waals surface area contributed by atoms with Gasteiger partial charge in [0.2, 0.25) is 0 Å². The van der Waals surface area contributed by atoms with Gasteiger partial charge in [-0.25, -0.2) is 13.2 Å². The zero-order chi connectivity index (χ0) is 13.8. The zero-order valence-corrected chi connectivity index (χ0v) is 10.00. The molecule has 0 aliphatic carbocycles. The molecule has 0 atom stereocenters. The van der Waals surface area contributed by atoms with E-state index in [0.717, 1.165) is 18.2 Å². The Morgan fingerprint density at radius 1 is 0.895 bits per heavy atom. The molecule has 0 fully saturated rings. The first-order valence-corrected chi connectivity index (χ1v) is 5.65. The van der Waals surface area contributed by atoms with Gasteiger partial charge in [0.05, 0.1) is 0 Å². The lowest BCUT2D eigenvalue weighted by atomic mass is 10.1. The van der Waals surface area contributed by atoms with E-state index in [0.29, 0.717) is 11.1 Å². The molecule has 2 aromatic carbocycles. The van der Waals surface area contributed by atoms with Crippen molar-refractivity contribution in [3.05, 3.63) is 65.0 Å². The highest BCUT2D eigenvalue weighted by molar-refractivity contribution is 5.29. The fourth-order valence-electron chi connectivity index (χ4n) is 1.67. The van der Waals surface area contributed by atoms with Crippen molar-refractivity contribution >= 4 is 0 Å². The molecule has 0 aliphatic rings. The van der Waals surface area contributed by atoms with Crippen molar-refractivity contribution in [1.29, 1.82) is 0 Å². The molecule has 0 saturated heterocycles. The first-order valence-electron chi connectivity index (χ1n) is 5.65. The fourth-order valence-corrected chi connectivity index (χ4v) is 1.67. The molecule has 19 heavy (non-hydrogen) atoms. The predicted molar refractivity (Wildman–Crippen MR) is 65.0 cm³/mol. The molecule has 2 rings (SSSR count). The van der Waals surface area contributed by atoms with Crippen LogP contribution in [0.15, 0.2) is 36.4 Å². The Morgan fingerprint density at radius 3 is 2.32 bits per heavy atom. The van der Waals surface area contributed by atoms with E-state index in [1.807, 2.05) is 0 Å². The van der Waals surface area contributed by atoms with E-state index < -0.39 is 17.5 Å². The smallest absolute Gasteiger partial charge is 0.165 e. The Hall–Kier alpha value is -2.01. The normalized spacial score (nSPS) is 10.5. The lowest BCUT2D eigenvalue weighted by Crippen LogP contribution is -2.06. The van der Waals surface area contributed by atoms with Crippen molar-refractivity contribution in [3.63, 3.8) is 0 Å². The minimum absolute atomic E-state index is 0.00676. The van der Waals surface area contributed by atoms with Crippen LogP contribution in [0, 0.1) is 17.5 Å². The third-order valence-electron chi connectivity index (χ3n) is 2.66. The highest BCUT2D eigenvalue weighted by Gasteiger charge is 2.08. The number of hydrogen-bond acceptors (Lipinski definition) is 2. The van der Waals surface area contributed by atoms with Gasteiger partial charge in [0, 0.05) is 12.6 Å². The van der Waals surface area contributed by atoms with Crippen molar-refractivity contribution in [1.82, 2.24) is 0 Å². The molecular formula is C14H12F3NO. The minimum Gasteiger partial charge on any atom is -0.486 e. The van der Waals surface area contributed by atoms with Crippen molar-refractivity contribution in [2.24, 2.45) is 5.73 Å². The van der Waals surface area contributed by atoms with Gasteiger partial charge < -0.3 is 10.5 Å². The zero-order valence-electron chi connectivity index (χ0n) is 10.00. The fraction of sp³-hybridized carbons (Fsp3) is 0.143. The van der Waals surface area contributed by atoms with Gasteiger partial charge >= 0.3 is 0 Å². The van der Waals surface area contributed by atoms with Crippen LogP contribution in [0.1, 0.15) is 11.1 Å². The van der Waals surface area contributed by atoms with Gasteiger partial charge in [0.25, 0.3) is 0 Å². The summed E-state index contributed by atoms with van der Waals surface area (Å²) in [6, 6.07) is 7.01. The average molecular weight is 267 g/mol. The van der Waals surface area contributed by atoms with Crippen molar-refractivity contribution in [3.8, 4) is 5.75 Å². The molecular weight excluding hydrogens is 255 g/mol. The summed E-state index contributed by atoms with van der Waals surface area (Å²) < 4.78 is 44.5. The van der Waals surface area contributed by atoms with E-state index >= 15 is 0 Å².